The van der Waals surface area contributed by atoms with Gasteiger partial charge in [-0.05, 0) is 43.0 Å². The average molecular weight is 351 g/mol. The molecule has 2 aromatic rings. The molecule has 0 N–H and O–H groups in total. The molecule has 1 saturated heterocycles. The Labute approximate surface area is 154 Å². The Bertz CT molecular complexity index is 797. The number of hydrogen-bond donors (Lipinski definition) is 0. The lowest BCUT2D eigenvalue weighted by molar-refractivity contribution is -0.139. The summed E-state index contributed by atoms with van der Waals surface area (Å²) in [5, 5.41) is 0. The number of rotatable bonds is 5. The maximum absolute atomic E-state index is 12.7. The SMILES string of the molecule is CC[C@@H](C)c1ccccc1OC(=O)[C@@H]1CC(=O)N(c2ccc(C)cc2)C1. The first-order valence-corrected chi connectivity index (χ1v) is 9.17. The first-order chi connectivity index (χ1) is 12.5. The quantitative estimate of drug-likeness (QED) is 0.590. The largest absolute Gasteiger partial charge is 0.426 e. The molecule has 0 unspecified atom stereocenters. The van der Waals surface area contributed by atoms with Crippen LogP contribution in [-0.4, -0.2) is 18.4 Å². The highest BCUT2D eigenvalue weighted by Crippen LogP contribution is 2.31. The molecule has 1 amide bonds. The van der Waals surface area contributed by atoms with Gasteiger partial charge in [0, 0.05) is 18.7 Å². The molecule has 0 aromatic heterocycles. The molecule has 0 spiro atoms. The standard InChI is InChI=1S/C22H25NO3/c1-4-16(3)19-7-5-6-8-20(19)26-22(25)17-13-21(24)23(14-17)18-11-9-15(2)10-12-18/h5-12,16-17H,4,13-14H2,1-3H3/t16-,17-/m1/s1. The van der Waals surface area contributed by atoms with Gasteiger partial charge in [-0.2, -0.15) is 0 Å². The Hall–Kier alpha value is -2.62. The molecule has 1 fully saturated rings. The molecule has 26 heavy (non-hydrogen) atoms. The highest BCUT2D eigenvalue weighted by atomic mass is 16.5. The Morgan fingerprint density at radius 1 is 1.19 bits per heavy atom. The molecular weight excluding hydrogens is 326 g/mol. The van der Waals surface area contributed by atoms with Crippen molar-refractivity contribution in [3.8, 4) is 5.75 Å². The van der Waals surface area contributed by atoms with Crippen LogP contribution in [0.3, 0.4) is 0 Å². The van der Waals surface area contributed by atoms with Crippen molar-refractivity contribution in [3.63, 3.8) is 0 Å². The number of anilines is 1. The van der Waals surface area contributed by atoms with Crippen LogP contribution in [0.2, 0.25) is 0 Å². The predicted molar refractivity (Wildman–Crippen MR) is 102 cm³/mol. The van der Waals surface area contributed by atoms with E-state index in [1.165, 1.54) is 0 Å². The number of benzene rings is 2. The summed E-state index contributed by atoms with van der Waals surface area (Å²) in [7, 11) is 0. The highest BCUT2D eigenvalue weighted by molar-refractivity contribution is 5.99. The summed E-state index contributed by atoms with van der Waals surface area (Å²) in [6, 6.07) is 15.4. The highest BCUT2D eigenvalue weighted by Gasteiger charge is 2.36. The number of para-hydroxylation sites is 1. The minimum absolute atomic E-state index is 0.0361. The summed E-state index contributed by atoms with van der Waals surface area (Å²) in [4.78, 5) is 26.7. The van der Waals surface area contributed by atoms with Crippen LogP contribution in [0.25, 0.3) is 0 Å². The first-order valence-electron chi connectivity index (χ1n) is 9.17. The minimum atomic E-state index is -0.436. The average Bonchev–Trinajstić information content (AvgIpc) is 3.04. The van der Waals surface area contributed by atoms with Crippen LogP contribution in [0.5, 0.6) is 5.75 Å². The van der Waals surface area contributed by atoms with Gasteiger partial charge in [0.1, 0.15) is 5.75 Å². The Kier molecular flexibility index (Phi) is 5.40. The van der Waals surface area contributed by atoms with E-state index in [0.717, 1.165) is 23.2 Å². The van der Waals surface area contributed by atoms with E-state index in [0.29, 0.717) is 18.2 Å². The zero-order chi connectivity index (χ0) is 18.7. The fourth-order valence-electron chi connectivity index (χ4n) is 3.23. The molecule has 1 heterocycles. The van der Waals surface area contributed by atoms with Gasteiger partial charge >= 0.3 is 5.97 Å². The van der Waals surface area contributed by atoms with Crippen molar-refractivity contribution in [1.82, 2.24) is 0 Å². The molecular formula is C22H25NO3. The summed E-state index contributed by atoms with van der Waals surface area (Å²) < 4.78 is 5.69. The third-order valence-electron chi connectivity index (χ3n) is 5.08. The molecule has 4 heteroatoms. The molecule has 0 aliphatic carbocycles. The molecule has 4 nitrogen and oxygen atoms in total. The second kappa shape index (κ2) is 7.73. The normalized spacial score (nSPS) is 18.0. The number of carbonyl (C=O) groups is 2. The zero-order valence-electron chi connectivity index (χ0n) is 15.6. The molecule has 2 aromatic carbocycles. The van der Waals surface area contributed by atoms with Gasteiger partial charge in [0.2, 0.25) is 5.91 Å². The summed E-state index contributed by atoms with van der Waals surface area (Å²) in [6.45, 7) is 6.60. The molecule has 1 aliphatic heterocycles. The Balaban J connectivity index is 1.72. The van der Waals surface area contributed by atoms with Crippen LogP contribution < -0.4 is 9.64 Å². The van der Waals surface area contributed by atoms with E-state index in [1.807, 2.05) is 55.5 Å². The van der Waals surface area contributed by atoms with Gasteiger partial charge in [-0.15, -0.1) is 0 Å². The van der Waals surface area contributed by atoms with Crippen molar-refractivity contribution < 1.29 is 14.3 Å². The van der Waals surface area contributed by atoms with Crippen molar-refractivity contribution in [2.45, 2.75) is 39.5 Å². The van der Waals surface area contributed by atoms with Gasteiger partial charge in [0.15, 0.2) is 0 Å². The minimum Gasteiger partial charge on any atom is -0.426 e. The fraction of sp³-hybridized carbons (Fsp3) is 0.364. The lowest BCUT2D eigenvalue weighted by Crippen LogP contribution is -2.27. The summed E-state index contributed by atoms with van der Waals surface area (Å²) in [6.07, 6.45) is 1.16. The van der Waals surface area contributed by atoms with Crippen molar-refractivity contribution >= 4 is 17.6 Å². The topological polar surface area (TPSA) is 46.6 Å². The summed E-state index contributed by atoms with van der Waals surface area (Å²) in [5.74, 6) is 0.116. The number of esters is 1. The first kappa shape index (κ1) is 18.2. The van der Waals surface area contributed by atoms with E-state index in [9.17, 15) is 9.59 Å². The van der Waals surface area contributed by atoms with Crippen LogP contribution in [-0.2, 0) is 9.59 Å². The number of nitrogens with zero attached hydrogens (tertiary/aromatic N) is 1. The lowest BCUT2D eigenvalue weighted by atomic mass is 9.98. The third kappa shape index (κ3) is 3.79. The molecule has 136 valence electrons. The van der Waals surface area contributed by atoms with Gasteiger partial charge in [-0.3, -0.25) is 9.59 Å². The zero-order valence-corrected chi connectivity index (χ0v) is 15.6. The number of aryl methyl sites for hydroxylation is 1. The molecule has 3 rings (SSSR count). The lowest BCUT2D eigenvalue weighted by Gasteiger charge is -2.18. The van der Waals surface area contributed by atoms with Crippen LogP contribution in [0.15, 0.2) is 48.5 Å². The van der Waals surface area contributed by atoms with Crippen molar-refractivity contribution in [1.29, 1.82) is 0 Å². The van der Waals surface area contributed by atoms with E-state index in [-0.39, 0.29) is 18.3 Å². The number of amides is 1. The second-order valence-electron chi connectivity index (χ2n) is 7.01. The van der Waals surface area contributed by atoms with Gasteiger partial charge < -0.3 is 9.64 Å². The number of ether oxygens (including phenoxy) is 1. The van der Waals surface area contributed by atoms with Crippen LogP contribution in [0, 0.1) is 12.8 Å². The van der Waals surface area contributed by atoms with Gasteiger partial charge in [-0.1, -0.05) is 49.7 Å². The number of carbonyl (C=O) groups excluding carboxylic acids is 2. The Morgan fingerprint density at radius 2 is 1.88 bits per heavy atom. The van der Waals surface area contributed by atoms with E-state index in [1.54, 1.807) is 4.90 Å². The molecule has 2 atom stereocenters. The van der Waals surface area contributed by atoms with Gasteiger partial charge in [0.05, 0.1) is 5.92 Å². The van der Waals surface area contributed by atoms with Crippen LogP contribution >= 0.6 is 0 Å². The van der Waals surface area contributed by atoms with E-state index in [4.69, 9.17) is 4.74 Å². The third-order valence-corrected chi connectivity index (χ3v) is 5.08. The molecule has 1 aliphatic rings. The van der Waals surface area contributed by atoms with Crippen molar-refractivity contribution in [3.05, 3.63) is 59.7 Å². The molecule has 0 saturated carbocycles. The molecule has 0 bridgehead atoms. The van der Waals surface area contributed by atoms with Gasteiger partial charge in [-0.25, -0.2) is 0 Å². The fourth-order valence-corrected chi connectivity index (χ4v) is 3.23. The summed E-state index contributed by atoms with van der Waals surface area (Å²) >= 11 is 0. The maximum atomic E-state index is 12.7. The van der Waals surface area contributed by atoms with E-state index < -0.39 is 5.92 Å². The van der Waals surface area contributed by atoms with E-state index >= 15 is 0 Å². The maximum Gasteiger partial charge on any atom is 0.316 e. The predicted octanol–water partition coefficient (Wildman–Crippen LogP) is 4.47. The van der Waals surface area contributed by atoms with Crippen molar-refractivity contribution in [2.24, 2.45) is 5.92 Å². The smallest absolute Gasteiger partial charge is 0.316 e. The van der Waals surface area contributed by atoms with E-state index in [2.05, 4.69) is 13.8 Å². The number of hydrogen-bond acceptors (Lipinski definition) is 3. The van der Waals surface area contributed by atoms with Crippen LogP contribution in [0.4, 0.5) is 5.69 Å². The summed E-state index contributed by atoms with van der Waals surface area (Å²) in [5.41, 5.74) is 3.00. The molecule has 0 radical (unpaired) electrons. The monoisotopic (exact) mass is 351 g/mol. The Morgan fingerprint density at radius 3 is 2.58 bits per heavy atom. The van der Waals surface area contributed by atoms with Crippen LogP contribution in [0.1, 0.15) is 43.7 Å². The van der Waals surface area contributed by atoms with Crippen molar-refractivity contribution in [2.75, 3.05) is 11.4 Å². The second-order valence-corrected chi connectivity index (χ2v) is 7.01. The van der Waals surface area contributed by atoms with Gasteiger partial charge in [0.25, 0.3) is 0 Å².